The largest absolute Gasteiger partial charge is 0.395 e. The van der Waals surface area contributed by atoms with Gasteiger partial charge in [0, 0.05) is 33.6 Å². The molecule has 3 nitrogen and oxygen atoms in total. The quantitative estimate of drug-likeness (QED) is 0.758. The zero-order valence-electron chi connectivity index (χ0n) is 14.0. The molecule has 3 heteroatoms. The molecule has 4 atom stereocenters. The van der Waals surface area contributed by atoms with Crippen LogP contribution >= 0.6 is 0 Å². The molecule has 1 aromatic heterocycles. The summed E-state index contributed by atoms with van der Waals surface area (Å²) in [6, 6.07) is 9.12. The Hall–Kier alpha value is -1.32. The molecule has 2 fully saturated rings. The van der Waals surface area contributed by atoms with Crippen molar-refractivity contribution < 1.29 is 5.11 Å². The number of H-pyrrole nitrogens is 1. The minimum Gasteiger partial charge on any atom is -0.395 e. The van der Waals surface area contributed by atoms with Crippen LogP contribution in [0.1, 0.15) is 44.4 Å². The fourth-order valence-corrected chi connectivity index (χ4v) is 6.00. The van der Waals surface area contributed by atoms with Gasteiger partial charge in [-0.05, 0) is 63.0 Å². The van der Waals surface area contributed by atoms with E-state index >= 15 is 0 Å². The molecule has 2 aromatic rings. The molecule has 122 valence electrons. The summed E-state index contributed by atoms with van der Waals surface area (Å²) in [6.45, 7) is 5.00. The van der Waals surface area contributed by atoms with E-state index in [1.165, 1.54) is 35.0 Å². The van der Waals surface area contributed by atoms with Crippen LogP contribution in [-0.4, -0.2) is 28.3 Å². The van der Waals surface area contributed by atoms with Crippen LogP contribution < -0.4 is 5.32 Å². The van der Waals surface area contributed by atoms with Gasteiger partial charge < -0.3 is 15.4 Å². The van der Waals surface area contributed by atoms with Crippen LogP contribution in [0.25, 0.3) is 10.9 Å². The third-order valence-electron chi connectivity index (χ3n) is 7.27. The van der Waals surface area contributed by atoms with Gasteiger partial charge in [-0.1, -0.05) is 18.2 Å². The zero-order valence-corrected chi connectivity index (χ0v) is 14.0. The van der Waals surface area contributed by atoms with Crippen LogP contribution in [0.5, 0.6) is 0 Å². The summed E-state index contributed by atoms with van der Waals surface area (Å²) >= 11 is 0. The van der Waals surface area contributed by atoms with E-state index in [4.69, 9.17) is 0 Å². The number of piperidine rings is 1. The van der Waals surface area contributed by atoms with Gasteiger partial charge in [-0.15, -0.1) is 0 Å². The number of rotatable bonds is 1. The molecule has 1 aromatic carbocycles. The molecule has 0 unspecified atom stereocenters. The van der Waals surface area contributed by atoms with Crippen LogP contribution in [0.3, 0.4) is 0 Å². The molecular formula is C20H26N2O. The number of hydrogen-bond donors (Lipinski definition) is 3. The van der Waals surface area contributed by atoms with Gasteiger partial charge in [-0.25, -0.2) is 0 Å². The van der Waals surface area contributed by atoms with E-state index in [9.17, 15) is 5.11 Å². The second kappa shape index (κ2) is 4.40. The Bertz CT molecular complexity index is 777. The van der Waals surface area contributed by atoms with Crippen LogP contribution in [-0.2, 0) is 11.8 Å². The summed E-state index contributed by atoms with van der Waals surface area (Å²) in [5.41, 5.74) is 4.15. The Balaban J connectivity index is 1.74. The number of aliphatic hydroxyl groups excluding tert-OH is 1. The second-order valence-electron chi connectivity index (χ2n) is 8.59. The predicted octanol–water partition coefficient (Wildman–Crippen LogP) is 3.12. The Kier molecular flexibility index (Phi) is 2.69. The first-order valence-corrected chi connectivity index (χ1v) is 9.04. The van der Waals surface area contributed by atoms with Crippen molar-refractivity contribution in [1.82, 2.24) is 10.3 Å². The maximum Gasteiger partial charge on any atom is 0.0545 e. The molecule has 0 spiro atoms. The minimum atomic E-state index is -0.0722. The van der Waals surface area contributed by atoms with Crippen LogP contribution in [0.2, 0.25) is 0 Å². The van der Waals surface area contributed by atoms with Crippen molar-refractivity contribution in [2.75, 3.05) is 6.61 Å². The lowest BCUT2D eigenvalue weighted by molar-refractivity contribution is -0.0315. The topological polar surface area (TPSA) is 48.0 Å². The van der Waals surface area contributed by atoms with Crippen molar-refractivity contribution in [2.45, 2.75) is 56.5 Å². The molecule has 1 saturated heterocycles. The van der Waals surface area contributed by atoms with Crippen LogP contribution in [0.15, 0.2) is 24.3 Å². The van der Waals surface area contributed by atoms with Gasteiger partial charge in [0.05, 0.1) is 6.61 Å². The monoisotopic (exact) mass is 310 g/mol. The van der Waals surface area contributed by atoms with E-state index in [2.05, 4.69) is 48.4 Å². The Morgan fingerprint density at radius 3 is 2.91 bits per heavy atom. The van der Waals surface area contributed by atoms with E-state index in [0.29, 0.717) is 12.0 Å². The van der Waals surface area contributed by atoms with Crippen molar-refractivity contribution in [2.24, 2.45) is 11.8 Å². The van der Waals surface area contributed by atoms with Gasteiger partial charge in [0.1, 0.15) is 0 Å². The summed E-state index contributed by atoms with van der Waals surface area (Å²) in [4.78, 5) is 3.70. The number of hydrogen-bond acceptors (Lipinski definition) is 2. The highest BCUT2D eigenvalue weighted by Gasteiger charge is 2.57. The third-order valence-corrected chi connectivity index (χ3v) is 7.27. The van der Waals surface area contributed by atoms with E-state index in [0.717, 1.165) is 18.8 Å². The molecule has 0 radical (unpaired) electrons. The molecule has 3 aliphatic rings. The van der Waals surface area contributed by atoms with Crippen molar-refractivity contribution in [3.63, 3.8) is 0 Å². The highest BCUT2D eigenvalue weighted by Crippen LogP contribution is 2.56. The fourth-order valence-electron chi connectivity index (χ4n) is 6.00. The van der Waals surface area contributed by atoms with Gasteiger partial charge in [0.2, 0.25) is 0 Å². The third kappa shape index (κ3) is 1.67. The van der Waals surface area contributed by atoms with Gasteiger partial charge in [0.25, 0.3) is 0 Å². The first-order chi connectivity index (χ1) is 11.0. The molecule has 1 saturated carbocycles. The molecule has 1 aliphatic heterocycles. The maximum absolute atomic E-state index is 10.5. The molecule has 0 amide bonds. The minimum absolute atomic E-state index is 0.0722. The Morgan fingerprint density at radius 1 is 1.26 bits per heavy atom. The molecule has 2 heterocycles. The number of fused-ring (bicyclic) bond motifs is 5. The molecular weight excluding hydrogens is 284 g/mol. The van der Waals surface area contributed by atoms with E-state index < -0.39 is 0 Å². The van der Waals surface area contributed by atoms with Crippen LogP contribution in [0.4, 0.5) is 0 Å². The lowest BCUT2D eigenvalue weighted by atomic mass is 9.51. The molecule has 5 rings (SSSR count). The molecule has 2 bridgehead atoms. The highest BCUT2D eigenvalue weighted by molar-refractivity contribution is 5.85. The predicted molar refractivity (Wildman–Crippen MR) is 92.6 cm³/mol. The van der Waals surface area contributed by atoms with Crippen molar-refractivity contribution in [3.8, 4) is 0 Å². The summed E-state index contributed by atoms with van der Waals surface area (Å²) in [5.74, 6) is 1.29. The average Bonchev–Trinajstić information content (AvgIpc) is 2.93. The lowest BCUT2D eigenvalue weighted by Gasteiger charge is -2.60. The normalized spacial score (nSPS) is 37.6. The van der Waals surface area contributed by atoms with Gasteiger partial charge >= 0.3 is 0 Å². The number of para-hydroxylation sites is 1. The summed E-state index contributed by atoms with van der Waals surface area (Å²) in [5, 5.41) is 15.8. The smallest absolute Gasteiger partial charge is 0.0545 e. The maximum atomic E-state index is 10.5. The van der Waals surface area contributed by atoms with Gasteiger partial charge in [0.15, 0.2) is 0 Å². The van der Waals surface area contributed by atoms with Crippen molar-refractivity contribution in [3.05, 3.63) is 35.5 Å². The Labute approximate surface area is 137 Å². The molecule has 3 N–H and O–H groups in total. The Morgan fingerprint density at radius 2 is 2.09 bits per heavy atom. The van der Waals surface area contributed by atoms with E-state index in [1.54, 1.807) is 0 Å². The first-order valence-electron chi connectivity index (χ1n) is 9.04. The number of aromatic amines is 1. The summed E-state index contributed by atoms with van der Waals surface area (Å²) < 4.78 is 0. The van der Waals surface area contributed by atoms with Crippen molar-refractivity contribution >= 4 is 10.9 Å². The number of benzene rings is 1. The van der Waals surface area contributed by atoms with Crippen molar-refractivity contribution in [1.29, 1.82) is 0 Å². The second-order valence-corrected chi connectivity index (χ2v) is 8.59. The fraction of sp³-hybridized carbons (Fsp3) is 0.600. The number of nitrogens with one attached hydrogen (secondary N) is 2. The zero-order chi connectivity index (χ0) is 15.8. The summed E-state index contributed by atoms with van der Waals surface area (Å²) in [7, 11) is 0. The lowest BCUT2D eigenvalue weighted by Crippen LogP contribution is -2.68. The standard InChI is InChI=1S/C20H26N2O/c1-19(2)12-7-8-20(11-23)15(9-12)17(22-19)10-14-13-5-3-4-6-16(13)21-18(14)20/h3-6,12,15,17,21-23H,7-11H2,1-2H3/t12-,15+,17+,20-/m0/s1. The molecule has 2 aliphatic carbocycles. The first kappa shape index (κ1) is 14.1. The SMILES string of the molecule is CC1(C)N[C@@H]2Cc3c([nH]c4ccccc34)[C@]3(CO)CC[C@H]1C[C@H]23. The number of aromatic nitrogens is 1. The summed E-state index contributed by atoms with van der Waals surface area (Å²) in [6.07, 6.45) is 4.65. The number of aliphatic hydroxyl groups is 1. The van der Waals surface area contributed by atoms with Gasteiger partial charge in [-0.2, -0.15) is 0 Å². The van der Waals surface area contributed by atoms with E-state index in [-0.39, 0.29) is 17.6 Å². The van der Waals surface area contributed by atoms with Gasteiger partial charge in [-0.3, -0.25) is 0 Å². The highest BCUT2D eigenvalue weighted by atomic mass is 16.3. The van der Waals surface area contributed by atoms with E-state index in [1.807, 2.05) is 0 Å². The van der Waals surface area contributed by atoms with Crippen LogP contribution in [0, 0.1) is 11.8 Å². The molecule has 23 heavy (non-hydrogen) atoms. The average molecular weight is 310 g/mol.